The number of alkyl halides is 3. The molecule has 1 fully saturated rings. The zero-order valence-corrected chi connectivity index (χ0v) is 17.5. The molecule has 0 bridgehead atoms. The quantitative estimate of drug-likeness (QED) is 0.230. The molecule has 4 N–H and O–H groups in total. The molecule has 0 radical (unpaired) electrons. The Kier molecular flexibility index (Phi) is 9.74. The molecule has 1 aromatic rings. The minimum absolute atomic E-state index is 0.0153. The third-order valence-corrected chi connectivity index (χ3v) is 5.47. The van der Waals surface area contributed by atoms with E-state index in [1.54, 1.807) is 12.2 Å². The lowest BCUT2D eigenvalue weighted by Gasteiger charge is -2.21. The highest BCUT2D eigenvalue weighted by Gasteiger charge is 2.39. The van der Waals surface area contributed by atoms with Gasteiger partial charge in [0.1, 0.15) is 18.5 Å². The summed E-state index contributed by atoms with van der Waals surface area (Å²) in [5, 5.41) is 39.2. The number of carbonyl (C=O) groups is 1. The summed E-state index contributed by atoms with van der Waals surface area (Å²) in [6, 6.07) is 4.37. The molecule has 2 rings (SSSR count). The van der Waals surface area contributed by atoms with E-state index >= 15 is 0 Å². The predicted octanol–water partition coefficient (Wildman–Crippen LogP) is 3.56. The van der Waals surface area contributed by atoms with Crippen LogP contribution in [-0.4, -0.2) is 51.3 Å². The number of aliphatic hydroxyl groups excluding tert-OH is 3. The van der Waals surface area contributed by atoms with Crippen molar-refractivity contribution in [3.63, 3.8) is 0 Å². The first kappa shape index (κ1) is 25.9. The summed E-state index contributed by atoms with van der Waals surface area (Å²) >= 11 is 0. The number of allylic oxidation sites excluding steroid dienone is 1. The van der Waals surface area contributed by atoms with Crippen molar-refractivity contribution >= 4 is 5.97 Å². The molecular weight excluding hydrogens is 429 g/mol. The molecule has 0 saturated heterocycles. The molecular formula is C23H29F3O6. The van der Waals surface area contributed by atoms with Gasteiger partial charge in [0.2, 0.25) is 0 Å². The Morgan fingerprint density at radius 2 is 1.97 bits per heavy atom. The number of unbranched alkanes of at least 4 members (excludes halogenated alkanes) is 2. The Hall–Kier alpha value is -2.36. The molecule has 0 aromatic heterocycles. The van der Waals surface area contributed by atoms with Gasteiger partial charge in [-0.2, -0.15) is 13.2 Å². The van der Waals surface area contributed by atoms with Crippen molar-refractivity contribution in [1.82, 2.24) is 0 Å². The van der Waals surface area contributed by atoms with Crippen LogP contribution in [0.1, 0.15) is 37.7 Å². The van der Waals surface area contributed by atoms with Gasteiger partial charge in [0.25, 0.3) is 0 Å². The SMILES string of the molecule is O=C(O)/C=C/CCCC[C@@H]1[C@@H](/C=C/[C@@H](O)COc2cccc(C(F)(F)F)c2)[C@H](O)C[C@@H]1O. The molecule has 6 nitrogen and oxygen atoms in total. The van der Waals surface area contributed by atoms with E-state index in [1.807, 2.05) is 0 Å². The zero-order chi connectivity index (χ0) is 23.7. The molecule has 0 aliphatic heterocycles. The van der Waals surface area contributed by atoms with Crippen LogP contribution in [0.5, 0.6) is 5.75 Å². The highest BCUT2D eigenvalue weighted by Crippen LogP contribution is 2.37. The van der Waals surface area contributed by atoms with E-state index in [9.17, 15) is 33.3 Å². The van der Waals surface area contributed by atoms with Gasteiger partial charge in [-0.25, -0.2) is 4.79 Å². The van der Waals surface area contributed by atoms with Gasteiger partial charge in [0, 0.05) is 18.4 Å². The lowest BCUT2D eigenvalue weighted by molar-refractivity contribution is -0.137. The van der Waals surface area contributed by atoms with Crippen LogP contribution in [0.25, 0.3) is 0 Å². The third-order valence-electron chi connectivity index (χ3n) is 5.47. The Balaban J connectivity index is 1.85. The van der Waals surface area contributed by atoms with E-state index in [-0.39, 0.29) is 30.6 Å². The predicted molar refractivity (Wildman–Crippen MR) is 111 cm³/mol. The van der Waals surface area contributed by atoms with E-state index in [1.165, 1.54) is 18.2 Å². The van der Waals surface area contributed by atoms with Crippen LogP contribution in [0.4, 0.5) is 13.2 Å². The fourth-order valence-corrected chi connectivity index (χ4v) is 3.86. The van der Waals surface area contributed by atoms with Gasteiger partial charge >= 0.3 is 12.1 Å². The minimum atomic E-state index is -4.49. The molecule has 1 aliphatic carbocycles. The topological polar surface area (TPSA) is 107 Å². The fraction of sp³-hybridized carbons (Fsp3) is 0.522. The summed E-state index contributed by atoms with van der Waals surface area (Å²) < 4.78 is 43.5. The van der Waals surface area contributed by atoms with Gasteiger partial charge < -0.3 is 25.2 Å². The van der Waals surface area contributed by atoms with Gasteiger partial charge in [-0.1, -0.05) is 30.7 Å². The maximum absolute atomic E-state index is 12.8. The normalized spacial score (nSPS) is 24.9. The van der Waals surface area contributed by atoms with E-state index in [0.29, 0.717) is 12.8 Å². The van der Waals surface area contributed by atoms with Crippen molar-refractivity contribution in [2.75, 3.05) is 6.61 Å². The lowest BCUT2D eigenvalue weighted by atomic mass is 9.88. The monoisotopic (exact) mass is 458 g/mol. The van der Waals surface area contributed by atoms with Crippen molar-refractivity contribution < 1.29 is 43.1 Å². The number of hydrogen-bond acceptors (Lipinski definition) is 5. The molecule has 1 aromatic carbocycles. The van der Waals surface area contributed by atoms with Gasteiger partial charge in [-0.05, 0) is 43.4 Å². The second-order valence-electron chi connectivity index (χ2n) is 7.93. The van der Waals surface area contributed by atoms with Crippen LogP contribution in [0, 0.1) is 11.8 Å². The Bertz CT molecular complexity index is 792. The number of halogens is 3. The van der Waals surface area contributed by atoms with Gasteiger partial charge in [0.05, 0.1) is 17.8 Å². The Morgan fingerprint density at radius 3 is 2.66 bits per heavy atom. The summed E-state index contributed by atoms with van der Waals surface area (Å²) in [5.74, 6) is -1.59. The molecule has 1 aliphatic rings. The molecule has 1 saturated carbocycles. The molecule has 0 spiro atoms. The van der Waals surface area contributed by atoms with Gasteiger partial charge in [-0.15, -0.1) is 0 Å². The molecule has 5 atom stereocenters. The third kappa shape index (κ3) is 8.29. The van der Waals surface area contributed by atoms with E-state index in [0.717, 1.165) is 31.1 Å². The largest absolute Gasteiger partial charge is 0.491 e. The number of aliphatic hydroxyl groups is 3. The molecule has 0 unspecified atom stereocenters. The van der Waals surface area contributed by atoms with E-state index in [4.69, 9.17) is 9.84 Å². The highest BCUT2D eigenvalue weighted by molar-refractivity contribution is 5.79. The summed E-state index contributed by atoms with van der Waals surface area (Å²) in [6.45, 7) is -0.260. The molecule has 178 valence electrons. The summed E-state index contributed by atoms with van der Waals surface area (Å²) in [4.78, 5) is 10.4. The van der Waals surface area contributed by atoms with Crippen molar-refractivity contribution in [3.8, 4) is 5.75 Å². The average molecular weight is 458 g/mol. The lowest BCUT2D eigenvalue weighted by Crippen LogP contribution is -2.22. The van der Waals surface area contributed by atoms with Crippen LogP contribution in [0.3, 0.4) is 0 Å². The molecule has 0 heterocycles. The van der Waals surface area contributed by atoms with Crippen LogP contribution in [0.15, 0.2) is 48.6 Å². The number of carboxylic acid groups (broad SMARTS) is 1. The zero-order valence-electron chi connectivity index (χ0n) is 17.5. The number of aliphatic carboxylic acids is 1. The smallest absolute Gasteiger partial charge is 0.416 e. The number of benzene rings is 1. The average Bonchev–Trinajstić information content (AvgIpc) is 2.99. The number of hydrogen-bond donors (Lipinski definition) is 4. The van der Waals surface area contributed by atoms with Crippen LogP contribution >= 0.6 is 0 Å². The van der Waals surface area contributed by atoms with Crippen molar-refractivity contribution in [2.24, 2.45) is 11.8 Å². The van der Waals surface area contributed by atoms with Crippen LogP contribution in [0.2, 0.25) is 0 Å². The van der Waals surface area contributed by atoms with Gasteiger partial charge in [0.15, 0.2) is 0 Å². The van der Waals surface area contributed by atoms with Gasteiger partial charge in [-0.3, -0.25) is 0 Å². The number of carboxylic acids is 1. The van der Waals surface area contributed by atoms with Crippen LogP contribution in [-0.2, 0) is 11.0 Å². The van der Waals surface area contributed by atoms with E-state index in [2.05, 4.69) is 0 Å². The minimum Gasteiger partial charge on any atom is -0.491 e. The first-order chi connectivity index (χ1) is 15.1. The Morgan fingerprint density at radius 1 is 1.22 bits per heavy atom. The molecule has 9 heteroatoms. The second kappa shape index (κ2) is 12.0. The first-order valence-corrected chi connectivity index (χ1v) is 10.5. The summed E-state index contributed by atoms with van der Waals surface area (Å²) in [6.07, 6.45) is 1.58. The first-order valence-electron chi connectivity index (χ1n) is 10.5. The number of rotatable bonds is 11. The Labute approximate surface area is 184 Å². The maximum atomic E-state index is 12.8. The van der Waals surface area contributed by atoms with Crippen LogP contribution < -0.4 is 4.74 Å². The summed E-state index contributed by atoms with van der Waals surface area (Å²) in [7, 11) is 0. The van der Waals surface area contributed by atoms with E-state index < -0.39 is 36.0 Å². The fourth-order valence-electron chi connectivity index (χ4n) is 3.86. The summed E-state index contributed by atoms with van der Waals surface area (Å²) in [5.41, 5.74) is -0.843. The second-order valence-corrected chi connectivity index (χ2v) is 7.93. The van der Waals surface area contributed by atoms with Crippen molar-refractivity contribution in [2.45, 2.75) is 56.6 Å². The molecule has 0 amide bonds. The maximum Gasteiger partial charge on any atom is 0.416 e. The standard InChI is InChI=1S/C23H29F3O6/c24-23(25,26)15-6-5-7-17(12-15)32-14-16(27)10-11-19-18(20(28)13-21(19)29)8-3-1-2-4-9-22(30)31/h4-7,9-12,16,18-21,27-29H,1-3,8,13-14H2,(H,30,31)/b9-4+,11-10+/t16-,18-,19-,20+,21-/m1/s1. The number of ether oxygens (including phenoxy) is 1. The highest BCUT2D eigenvalue weighted by atomic mass is 19.4. The van der Waals surface area contributed by atoms with Crippen molar-refractivity contribution in [1.29, 1.82) is 0 Å². The van der Waals surface area contributed by atoms with Crippen molar-refractivity contribution in [3.05, 3.63) is 54.1 Å². The molecule has 32 heavy (non-hydrogen) atoms.